The Kier molecular flexibility index (Phi) is 5.50. The van der Waals surface area contributed by atoms with E-state index >= 15 is 0 Å². The molecule has 0 radical (unpaired) electrons. The number of benzene rings is 2. The highest BCUT2D eigenvalue weighted by atomic mass is 35.5. The lowest BCUT2D eigenvalue weighted by molar-refractivity contribution is -0.146. The summed E-state index contributed by atoms with van der Waals surface area (Å²) in [6, 6.07) is 7.92. The van der Waals surface area contributed by atoms with E-state index in [4.69, 9.17) is 30.5 Å². The Labute approximate surface area is 189 Å². The number of nitrogens with one attached hydrogen (secondary N) is 1. The molecule has 1 aliphatic heterocycles. The van der Waals surface area contributed by atoms with Gasteiger partial charge in [0, 0.05) is 16.3 Å². The third kappa shape index (κ3) is 3.01. The van der Waals surface area contributed by atoms with Crippen molar-refractivity contribution in [2.45, 2.75) is 12.3 Å². The fourth-order valence-electron chi connectivity index (χ4n) is 4.64. The molecule has 0 bridgehead atoms. The summed E-state index contributed by atoms with van der Waals surface area (Å²) in [5.74, 6) is -2.49. The molecule has 2 aromatic carbocycles. The molecule has 4 rings (SSSR count). The zero-order chi connectivity index (χ0) is 23.2. The first-order valence-corrected chi connectivity index (χ1v) is 10.3. The van der Waals surface area contributed by atoms with Crippen molar-refractivity contribution in [2.75, 3.05) is 33.3 Å². The van der Waals surface area contributed by atoms with Crippen LogP contribution in [0, 0.1) is 11.8 Å². The number of rotatable bonds is 7. The minimum atomic E-state index is -1.38. The van der Waals surface area contributed by atoms with Crippen molar-refractivity contribution in [3.63, 3.8) is 0 Å². The van der Waals surface area contributed by atoms with Crippen LogP contribution in [0.1, 0.15) is 22.8 Å². The summed E-state index contributed by atoms with van der Waals surface area (Å²) in [5, 5.41) is 3.17. The molecule has 1 spiro atoms. The Morgan fingerprint density at radius 3 is 2.25 bits per heavy atom. The van der Waals surface area contributed by atoms with Gasteiger partial charge in [0.15, 0.2) is 17.3 Å². The van der Waals surface area contributed by atoms with Crippen molar-refractivity contribution in [3.8, 4) is 17.2 Å². The fourth-order valence-corrected chi connectivity index (χ4v) is 4.81. The zero-order valence-corrected chi connectivity index (χ0v) is 18.7. The van der Waals surface area contributed by atoms with E-state index in [0.29, 0.717) is 22.0 Å². The van der Waals surface area contributed by atoms with Crippen molar-refractivity contribution in [1.29, 1.82) is 0 Å². The number of anilines is 1. The van der Waals surface area contributed by atoms with Crippen LogP contribution in [0.3, 0.4) is 0 Å². The van der Waals surface area contributed by atoms with Gasteiger partial charge in [-0.15, -0.1) is 0 Å². The first-order valence-electron chi connectivity index (χ1n) is 9.97. The highest BCUT2D eigenvalue weighted by molar-refractivity contribution is 6.31. The summed E-state index contributed by atoms with van der Waals surface area (Å²) in [6.45, 7) is 1.79. The summed E-state index contributed by atoms with van der Waals surface area (Å²) in [5.41, 5.74) is -0.129. The van der Waals surface area contributed by atoms with Gasteiger partial charge in [-0.3, -0.25) is 14.4 Å². The van der Waals surface area contributed by atoms with Crippen molar-refractivity contribution >= 4 is 34.9 Å². The third-order valence-electron chi connectivity index (χ3n) is 6.03. The van der Waals surface area contributed by atoms with Gasteiger partial charge in [-0.1, -0.05) is 11.6 Å². The first-order chi connectivity index (χ1) is 15.3. The second-order valence-electron chi connectivity index (χ2n) is 7.50. The molecule has 0 aromatic heterocycles. The van der Waals surface area contributed by atoms with Gasteiger partial charge in [0.25, 0.3) is 0 Å². The largest absolute Gasteiger partial charge is 0.493 e. The Morgan fingerprint density at radius 1 is 1.03 bits per heavy atom. The van der Waals surface area contributed by atoms with Crippen LogP contribution in [-0.2, 0) is 19.7 Å². The standard InChI is InChI=1S/C23H22ClNO7/c1-5-32-21(27)18-17(23(18)13-10-12(24)6-7-14(13)25-22(23)28)19(26)11-8-15(29-2)20(31-4)16(9-11)30-3/h6-10,17-18H,5H2,1-4H3,(H,25,28)/t17-,18-,23?/m1/s1. The number of esters is 1. The number of methoxy groups -OCH3 is 3. The monoisotopic (exact) mass is 459 g/mol. The Morgan fingerprint density at radius 2 is 1.69 bits per heavy atom. The number of carbonyl (C=O) groups excluding carboxylic acids is 3. The van der Waals surface area contributed by atoms with Crippen LogP contribution < -0.4 is 19.5 Å². The van der Waals surface area contributed by atoms with Gasteiger partial charge in [0.2, 0.25) is 11.7 Å². The van der Waals surface area contributed by atoms with Crippen LogP contribution in [0.5, 0.6) is 17.2 Å². The van der Waals surface area contributed by atoms with Crippen molar-refractivity contribution in [2.24, 2.45) is 11.8 Å². The summed E-state index contributed by atoms with van der Waals surface area (Å²) in [7, 11) is 4.33. The van der Waals surface area contributed by atoms with Crippen LogP contribution in [0.2, 0.25) is 5.02 Å². The molecular formula is C23H22ClNO7. The van der Waals surface area contributed by atoms with Crippen molar-refractivity contribution in [3.05, 3.63) is 46.5 Å². The van der Waals surface area contributed by atoms with Crippen LogP contribution in [0.25, 0.3) is 0 Å². The van der Waals surface area contributed by atoms with Crippen LogP contribution >= 0.6 is 11.6 Å². The molecule has 2 aromatic rings. The average molecular weight is 460 g/mol. The smallest absolute Gasteiger partial charge is 0.311 e. The van der Waals surface area contributed by atoms with Crippen LogP contribution in [-0.4, -0.2) is 45.6 Å². The van der Waals surface area contributed by atoms with E-state index in [2.05, 4.69) is 5.32 Å². The Balaban J connectivity index is 1.84. The minimum absolute atomic E-state index is 0.126. The molecule has 3 atom stereocenters. The summed E-state index contributed by atoms with van der Waals surface area (Å²) < 4.78 is 21.2. The molecule has 32 heavy (non-hydrogen) atoms. The molecule has 1 unspecified atom stereocenters. The number of fused-ring (bicyclic) bond motifs is 2. The van der Waals surface area contributed by atoms with E-state index in [1.165, 1.54) is 33.5 Å². The quantitative estimate of drug-likeness (QED) is 0.501. The van der Waals surface area contributed by atoms with Gasteiger partial charge >= 0.3 is 5.97 Å². The number of amides is 1. The maximum absolute atomic E-state index is 13.7. The number of hydrogen-bond donors (Lipinski definition) is 1. The van der Waals surface area contributed by atoms with E-state index in [1.54, 1.807) is 25.1 Å². The molecule has 1 heterocycles. The minimum Gasteiger partial charge on any atom is -0.493 e. The molecule has 168 valence electrons. The molecular weight excluding hydrogens is 438 g/mol. The number of hydrogen-bond acceptors (Lipinski definition) is 7. The molecule has 9 heteroatoms. The first kappa shape index (κ1) is 22.0. The van der Waals surface area contributed by atoms with E-state index in [9.17, 15) is 14.4 Å². The predicted octanol–water partition coefficient (Wildman–Crippen LogP) is 3.25. The lowest BCUT2D eigenvalue weighted by Gasteiger charge is -2.14. The Hall–Kier alpha value is -3.26. The van der Waals surface area contributed by atoms with Crippen LogP contribution in [0.15, 0.2) is 30.3 Å². The highest BCUT2D eigenvalue weighted by Gasteiger charge is 2.79. The molecule has 1 fully saturated rings. The second-order valence-corrected chi connectivity index (χ2v) is 7.94. The Bertz CT molecular complexity index is 1110. The lowest BCUT2D eigenvalue weighted by Crippen LogP contribution is -2.26. The third-order valence-corrected chi connectivity index (χ3v) is 6.26. The fraction of sp³-hybridized carbons (Fsp3) is 0.348. The van der Waals surface area contributed by atoms with Gasteiger partial charge in [-0.25, -0.2) is 0 Å². The van der Waals surface area contributed by atoms with Crippen molar-refractivity contribution < 1.29 is 33.3 Å². The summed E-state index contributed by atoms with van der Waals surface area (Å²) >= 11 is 6.18. The number of halogens is 1. The molecule has 2 aliphatic rings. The lowest BCUT2D eigenvalue weighted by atomic mass is 9.91. The normalized spacial score (nSPS) is 22.7. The van der Waals surface area contributed by atoms with Gasteiger partial charge in [0.05, 0.1) is 39.8 Å². The molecule has 1 aliphatic carbocycles. The maximum Gasteiger partial charge on any atom is 0.311 e. The topological polar surface area (TPSA) is 100 Å². The number of ketones is 1. The van der Waals surface area contributed by atoms with Gasteiger partial charge in [-0.2, -0.15) is 0 Å². The highest BCUT2D eigenvalue weighted by Crippen LogP contribution is 2.66. The second kappa shape index (κ2) is 8.02. The SMILES string of the molecule is CCOC(=O)[C@H]1[C@H](C(=O)c2cc(OC)c(OC)c(OC)c2)C12C(=O)Nc1ccc(Cl)cc12. The van der Waals surface area contributed by atoms with Gasteiger partial charge < -0.3 is 24.3 Å². The summed E-state index contributed by atoms with van der Waals surface area (Å²) in [6.07, 6.45) is 0. The zero-order valence-electron chi connectivity index (χ0n) is 18.0. The van der Waals surface area contributed by atoms with Crippen molar-refractivity contribution in [1.82, 2.24) is 0 Å². The van der Waals surface area contributed by atoms with E-state index in [-0.39, 0.29) is 23.7 Å². The number of carbonyl (C=O) groups is 3. The maximum atomic E-state index is 13.7. The molecule has 8 nitrogen and oxygen atoms in total. The molecule has 1 saturated carbocycles. The molecule has 1 N–H and O–H groups in total. The van der Waals surface area contributed by atoms with E-state index in [0.717, 1.165) is 0 Å². The van der Waals surface area contributed by atoms with Gasteiger partial charge in [0.1, 0.15) is 5.41 Å². The van der Waals surface area contributed by atoms with Crippen LogP contribution in [0.4, 0.5) is 5.69 Å². The van der Waals surface area contributed by atoms with E-state index < -0.39 is 34.9 Å². The van der Waals surface area contributed by atoms with Gasteiger partial charge in [-0.05, 0) is 42.8 Å². The predicted molar refractivity (Wildman–Crippen MR) is 116 cm³/mol. The molecule has 1 amide bonds. The molecule has 0 saturated heterocycles. The number of Topliss-reactive ketones (excluding diaryl/α,β-unsaturated/α-hetero) is 1. The summed E-state index contributed by atoms with van der Waals surface area (Å²) in [4.78, 5) is 39.7. The number of ether oxygens (including phenoxy) is 4. The average Bonchev–Trinajstić information content (AvgIpc) is 3.42. The van der Waals surface area contributed by atoms with E-state index in [1.807, 2.05) is 0 Å².